The minimum Gasteiger partial charge on any atom is -0.478 e. The highest BCUT2D eigenvalue weighted by molar-refractivity contribution is 5.32. The van der Waals surface area contributed by atoms with Crippen LogP contribution in [0.4, 0.5) is 5.95 Å². The minimum absolute atomic E-state index is 0.211. The van der Waals surface area contributed by atoms with Crippen LogP contribution in [0.5, 0.6) is 5.88 Å². The molecule has 2 aromatic heterocycles. The van der Waals surface area contributed by atoms with Crippen molar-refractivity contribution in [3.63, 3.8) is 0 Å². The number of aromatic nitrogens is 4. The molecule has 2 aromatic rings. The maximum Gasteiger partial charge on any atom is 0.228 e. The largest absolute Gasteiger partial charge is 0.478 e. The van der Waals surface area contributed by atoms with Gasteiger partial charge in [-0.1, -0.05) is 0 Å². The summed E-state index contributed by atoms with van der Waals surface area (Å²) in [5.41, 5.74) is 0. The van der Waals surface area contributed by atoms with Gasteiger partial charge in [0, 0.05) is 44.8 Å². The number of ether oxygens (including phenoxy) is 1. The molecule has 0 amide bonds. The molecular formula is C16H23N5O2. The third kappa shape index (κ3) is 3.44. The second kappa shape index (κ2) is 6.95. The number of anilines is 1. The van der Waals surface area contributed by atoms with Crippen LogP contribution >= 0.6 is 0 Å². The maximum atomic E-state index is 10.5. The van der Waals surface area contributed by atoms with Crippen LogP contribution in [0, 0.1) is 5.92 Å². The number of hydrogen-bond donors (Lipinski definition) is 1. The summed E-state index contributed by atoms with van der Waals surface area (Å²) in [5, 5.41) is 10.5. The van der Waals surface area contributed by atoms with Crippen LogP contribution in [0.25, 0.3) is 0 Å². The zero-order valence-corrected chi connectivity index (χ0v) is 13.6. The van der Waals surface area contributed by atoms with Crippen LogP contribution in [0.3, 0.4) is 0 Å². The van der Waals surface area contributed by atoms with Gasteiger partial charge in [-0.15, -0.1) is 0 Å². The Morgan fingerprint density at radius 2 is 2.09 bits per heavy atom. The van der Waals surface area contributed by atoms with Gasteiger partial charge in [0.05, 0.1) is 6.61 Å². The topological polar surface area (TPSA) is 76.3 Å². The van der Waals surface area contributed by atoms with Crippen LogP contribution in [0.1, 0.15) is 31.7 Å². The molecule has 0 radical (unpaired) electrons. The lowest BCUT2D eigenvalue weighted by atomic mass is 9.91. The molecule has 124 valence electrons. The normalized spacial score (nSPS) is 17.3. The molecule has 1 N–H and O–H groups in total. The molecule has 1 atom stereocenters. The number of piperidine rings is 1. The SMILES string of the molecule is CCOc1ccnc(N2CCC([C@H](O)c3nccn3C)CC2)n1. The van der Waals surface area contributed by atoms with Crippen LogP contribution in [-0.2, 0) is 7.05 Å². The first kappa shape index (κ1) is 15.7. The van der Waals surface area contributed by atoms with Gasteiger partial charge < -0.3 is 19.3 Å². The number of imidazole rings is 1. The smallest absolute Gasteiger partial charge is 0.228 e. The van der Waals surface area contributed by atoms with E-state index in [0.717, 1.165) is 31.8 Å². The van der Waals surface area contributed by atoms with E-state index < -0.39 is 6.10 Å². The molecule has 0 spiro atoms. The van der Waals surface area contributed by atoms with Crippen molar-refractivity contribution in [3.8, 4) is 5.88 Å². The lowest BCUT2D eigenvalue weighted by molar-refractivity contribution is 0.0823. The predicted molar refractivity (Wildman–Crippen MR) is 86.3 cm³/mol. The molecule has 7 nitrogen and oxygen atoms in total. The first-order valence-electron chi connectivity index (χ1n) is 8.05. The lowest BCUT2D eigenvalue weighted by Gasteiger charge is -2.34. The Labute approximate surface area is 136 Å². The number of nitrogens with zero attached hydrogens (tertiary/aromatic N) is 5. The van der Waals surface area contributed by atoms with Crippen molar-refractivity contribution in [3.05, 3.63) is 30.5 Å². The summed E-state index contributed by atoms with van der Waals surface area (Å²) in [6, 6.07) is 1.77. The highest BCUT2D eigenvalue weighted by Gasteiger charge is 2.29. The van der Waals surface area contributed by atoms with Gasteiger partial charge in [0.15, 0.2) is 0 Å². The van der Waals surface area contributed by atoms with Crippen LogP contribution in [0.15, 0.2) is 24.7 Å². The standard InChI is InChI=1S/C16H23N5O2/c1-3-23-13-4-7-18-16(19-13)21-9-5-12(6-10-21)14(22)15-17-8-11-20(15)2/h4,7-8,11-12,14,22H,3,5-6,9-10H2,1-2H3/t14-/m0/s1. The summed E-state index contributed by atoms with van der Waals surface area (Å²) in [4.78, 5) is 15.2. The molecule has 1 fully saturated rings. The zero-order chi connectivity index (χ0) is 16.2. The molecule has 1 aliphatic heterocycles. The molecule has 1 saturated heterocycles. The number of aliphatic hydroxyl groups is 1. The predicted octanol–water partition coefficient (Wildman–Crippen LogP) is 1.56. The average Bonchev–Trinajstić information content (AvgIpc) is 3.01. The molecule has 3 heterocycles. The van der Waals surface area contributed by atoms with Crippen molar-refractivity contribution in [1.82, 2.24) is 19.5 Å². The van der Waals surface area contributed by atoms with E-state index in [4.69, 9.17) is 4.74 Å². The maximum absolute atomic E-state index is 10.5. The van der Waals surface area contributed by atoms with Crippen molar-refractivity contribution in [2.24, 2.45) is 13.0 Å². The Kier molecular flexibility index (Phi) is 4.76. The molecule has 0 aromatic carbocycles. The molecule has 0 bridgehead atoms. The molecule has 7 heteroatoms. The number of aryl methyl sites for hydroxylation is 1. The number of rotatable bonds is 5. The average molecular weight is 317 g/mol. The highest BCUT2D eigenvalue weighted by Crippen LogP contribution is 2.30. The molecule has 0 saturated carbocycles. The third-order valence-corrected chi connectivity index (χ3v) is 4.30. The fourth-order valence-corrected chi connectivity index (χ4v) is 3.00. The van der Waals surface area contributed by atoms with Crippen LogP contribution in [-0.4, -0.2) is 44.3 Å². The van der Waals surface area contributed by atoms with E-state index in [1.165, 1.54) is 0 Å². The molecule has 0 aliphatic carbocycles. The first-order valence-corrected chi connectivity index (χ1v) is 8.05. The summed E-state index contributed by atoms with van der Waals surface area (Å²) in [6.07, 6.45) is 6.56. The van der Waals surface area contributed by atoms with Gasteiger partial charge in [-0.25, -0.2) is 9.97 Å². The van der Waals surface area contributed by atoms with Gasteiger partial charge in [-0.2, -0.15) is 4.98 Å². The van der Waals surface area contributed by atoms with Gasteiger partial charge in [0.1, 0.15) is 11.9 Å². The second-order valence-electron chi connectivity index (χ2n) is 5.79. The zero-order valence-electron chi connectivity index (χ0n) is 13.6. The highest BCUT2D eigenvalue weighted by atomic mass is 16.5. The van der Waals surface area contributed by atoms with Gasteiger partial charge in [0.25, 0.3) is 0 Å². The molecule has 23 heavy (non-hydrogen) atoms. The fraction of sp³-hybridized carbons (Fsp3) is 0.562. The second-order valence-corrected chi connectivity index (χ2v) is 5.79. The van der Waals surface area contributed by atoms with Gasteiger partial charge in [0.2, 0.25) is 11.8 Å². The van der Waals surface area contributed by atoms with E-state index in [-0.39, 0.29) is 5.92 Å². The van der Waals surface area contributed by atoms with Crippen molar-refractivity contribution >= 4 is 5.95 Å². The van der Waals surface area contributed by atoms with E-state index in [1.807, 2.05) is 24.7 Å². The minimum atomic E-state index is -0.521. The van der Waals surface area contributed by atoms with Crippen LogP contribution in [0.2, 0.25) is 0 Å². The lowest BCUT2D eigenvalue weighted by Crippen LogP contribution is -2.37. The first-order chi connectivity index (χ1) is 11.2. The molecule has 1 aliphatic rings. The number of hydrogen-bond acceptors (Lipinski definition) is 6. The fourth-order valence-electron chi connectivity index (χ4n) is 3.00. The van der Waals surface area contributed by atoms with Crippen molar-refractivity contribution < 1.29 is 9.84 Å². The monoisotopic (exact) mass is 317 g/mol. The van der Waals surface area contributed by atoms with E-state index in [2.05, 4.69) is 19.9 Å². The van der Waals surface area contributed by atoms with E-state index in [9.17, 15) is 5.11 Å². The van der Waals surface area contributed by atoms with Crippen LogP contribution < -0.4 is 9.64 Å². The third-order valence-electron chi connectivity index (χ3n) is 4.30. The Bertz CT molecular complexity index is 637. The Balaban J connectivity index is 1.62. The molecule has 3 rings (SSSR count). The molecule has 0 unspecified atom stereocenters. The van der Waals surface area contributed by atoms with E-state index in [1.54, 1.807) is 18.5 Å². The van der Waals surface area contributed by atoms with E-state index >= 15 is 0 Å². The number of aliphatic hydroxyl groups excluding tert-OH is 1. The van der Waals surface area contributed by atoms with Crippen molar-refractivity contribution in [1.29, 1.82) is 0 Å². The van der Waals surface area contributed by atoms with Gasteiger partial charge >= 0.3 is 0 Å². The quantitative estimate of drug-likeness (QED) is 0.902. The van der Waals surface area contributed by atoms with Crippen molar-refractivity contribution in [2.75, 3.05) is 24.6 Å². The Hall–Kier alpha value is -2.15. The summed E-state index contributed by atoms with van der Waals surface area (Å²) in [6.45, 7) is 4.17. The Morgan fingerprint density at radius 3 is 2.74 bits per heavy atom. The van der Waals surface area contributed by atoms with Gasteiger partial charge in [-0.05, 0) is 25.7 Å². The summed E-state index contributed by atoms with van der Waals surface area (Å²) < 4.78 is 7.31. The van der Waals surface area contributed by atoms with Crippen molar-refractivity contribution in [2.45, 2.75) is 25.9 Å². The molecular weight excluding hydrogens is 294 g/mol. The van der Waals surface area contributed by atoms with Gasteiger partial charge in [-0.3, -0.25) is 0 Å². The summed E-state index contributed by atoms with van der Waals surface area (Å²) in [7, 11) is 1.91. The Morgan fingerprint density at radius 1 is 1.30 bits per heavy atom. The summed E-state index contributed by atoms with van der Waals surface area (Å²) >= 11 is 0. The summed E-state index contributed by atoms with van der Waals surface area (Å²) in [5.74, 6) is 2.24. The van der Waals surface area contributed by atoms with E-state index in [0.29, 0.717) is 18.4 Å².